The fourth-order valence-corrected chi connectivity index (χ4v) is 4.50. The van der Waals surface area contributed by atoms with Gasteiger partial charge in [-0.15, -0.1) is 0 Å². The topological polar surface area (TPSA) is 91.7 Å². The van der Waals surface area contributed by atoms with Crippen molar-refractivity contribution in [3.05, 3.63) is 76.7 Å². The molecule has 0 saturated heterocycles. The summed E-state index contributed by atoms with van der Waals surface area (Å²) in [5.74, 6) is 0.00185. The molecule has 1 aromatic heterocycles. The van der Waals surface area contributed by atoms with E-state index >= 15 is 0 Å². The molecule has 1 fully saturated rings. The van der Waals surface area contributed by atoms with Crippen molar-refractivity contribution in [1.82, 2.24) is 4.98 Å². The summed E-state index contributed by atoms with van der Waals surface area (Å²) in [7, 11) is 0. The van der Waals surface area contributed by atoms with Crippen molar-refractivity contribution in [1.29, 1.82) is 0 Å². The van der Waals surface area contributed by atoms with E-state index in [2.05, 4.69) is 10.3 Å². The summed E-state index contributed by atoms with van der Waals surface area (Å²) in [6.07, 6.45) is 2.87. The smallest absolute Gasteiger partial charge is 0.307 e. The summed E-state index contributed by atoms with van der Waals surface area (Å²) in [5, 5.41) is 22.2. The highest BCUT2D eigenvalue weighted by molar-refractivity contribution is 5.75. The molecule has 7 heteroatoms. The lowest BCUT2D eigenvalue weighted by atomic mass is 9.94. The molecule has 36 heavy (non-hydrogen) atoms. The summed E-state index contributed by atoms with van der Waals surface area (Å²) in [4.78, 5) is 15.5. The highest BCUT2D eigenvalue weighted by atomic mass is 19.1. The molecule has 2 atom stereocenters. The molecule has 1 saturated carbocycles. The molecule has 2 aromatic carbocycles. The number of anilines is 1. The van der Waals surface area contributed by atoms with Gasteiger partial charge in [0.25, 0.3) is 0 Å². The zero-order chi connectivity index (χ0) is 26.0. The average molecular weight is 493 g/mol. The Labute approximate surface area is 211 Å². The van der Waals surface area contributed by atoms with Crippen molar-refractivity contribution in [2.75, 3.05) is 11.9 Å². The van der Waals surface area contributed by atoms with E-state index in [4.69, 9.17) is 9.84 Å². The van der Waals surface area contributed by atoms with Gasteiger partial charge < -0.3 is 20.3 Å². The molecule has 4 rings (SSSR count). The molecule has 0 spiro atoms. The number of halogens is 1. The largest absolute Gasteiger partial charge is 0.493 e. The Morgan fingerprint density at radius 3 is 2.47 bits per heavy atom. The molecule has 1 aliphatic rings. The number of benzene rings is 2. The predicted molar refractivity (Wildman–Crippen MR) is 138 cm³/mol. The van der Waals surface area contributed by atoms with Crippen LogP contribution < -0.4 is 10.1 Å². The van der Waals surface area contributed by atoms with Crippen LogP contribution in [0.3, 0.4) is 0 Å². The minimum atomic E-state index is -0.777. The van der Waals surface area contributed by atoms with Gasteiger partial charge >= 0.3 is 5.97 Å². The van der Waals surface area contributed by atoms with Crippen LogP contribution in [0.1, 0.15) is 54.9 Å². The molecule has 3 aromatic rings. The van der Waals surface area contributed by atoms with E-state index in [0.29, 0.717) is 30.8 Å². The first kappa shape index (κ1) is 25.6. The number of aryl methyl sites for hydroxylation is 2. The van der Waals surface area contributed by atoms with Gasteiger partial charge in [-0.2, -0.15) is 0 Å². The zero-order valence-corrected chi connectivity index (χ0v) is 21.1. The van der Waals surface area contributed by atoms with Gasteiger partial charge in [0.05, 0.1) is 18.1 Å². The Hall–Kier alpha value is -3.45. The first-order valence-corrected chi connectivity index (χ1v) is 12.2. The fraction of sp³-hybridized carbons (Fsp3) is 0.379. The minimum Gasteiger partial charge on any atom is -0.493 e. The van der Waals surface area contributed by atoms with Crippen LogP contribution in [0, 0.1) is 25.6 Å². The first-order chi connectivity index (χ1) is 17.0. The van der Waals surface area contributed by atoms with E-state index in [-0.39, 0.29) is 24.2 Å². The quantitative estimate of drug-likeness (QED) is 0.329. The SMILES string of the molecule is Cc1cc(OCCC(C)(C)O)cc(C)c1-c1ccc(F)c(CNc2ccc(C3C[C@H]3C(=O)O)cn2)c1. The Balaban J connectivity index is 1.44. The molecule has 6 nitrogen and oxygen atoms in total. The van der Waals surface area contributed by atoms with Crippen LogP contribution in [-0.4, -0.2) is 33.4 Å². The molecule has 0 radical (unpaired) electrons. The maximum absolute atomic E-state index is 14.6. The Bertz CT molecular complexity index is 1230. The number of aliphatic hydroxyl groups is 1. The lowest BCUT2D eigenvalue weighted by Crippen LogP contribution is -2.21. The molecule has 0 bridgehead atoms. The van der Waals surface area contributed by atoms with Crippen LogP contribution in [0.4, 0.5) is 10.2 Å². The molecule has 1 heterocycles. The van der Waals surface area contributed by atoms with Gasteiger partial charge in [-0.05, 0) is 98.2 Å². The van der Waals surface area contributed by atoms with E-state index in [0.717, 1.165) is 33.6 Å². The van der Waals surface area contributed by atoms with Crippen LogP contribution in [0.2, 0.25) is 0 Å². The average Bonchev–Trinajstić information content (AvgIpc) is 3.60. The second kappa shape index (κ2) is 10.3. The lowest BCUT2D eigenvalue weighted by molar-refractivity contribution is -0.138. The second-order valence-electron chi connectivity index (χ2n) is 10.3. The number of pyridine rings is 1. The third-order valence-corrected chi connectivity index (χ3v) is 6.61. The third-order valence-electron chi connectivity index (χ3n) is 6.61. The van der Waals surface area contributed by atoms with Crippen molar-refractivity contribution in [3.63, 3.8) is 0 Å². The van der Waals surface area contributed by atoms with Crippen LogP contribution in [0.15, 0.2) is 48.7 Å². The number of carboxylic acid groups (broad SMARTS) is 1. The first-order valence-electron chi connectivity index (χ1n) is 12.2. The number of nitrogens with one attached hydrogen (secondary N) is 1. The van der Waals surface area contributed by atoms with Crippen molar-refractivity contribution in [2.24, 2.45) is 5.92 Å². The number of carboxylic acids is 1. The van der Waals surface area contributed by atoms with Gasteiger partial charge in [0.15, 0.2) is 0 Å². The third kappa shape index (κ3) is 6.21. The highest BCUT2D eigenvalue weighted by Gasteiger charge is 2.44. The predicted octanol–water partition coefficient (Wildman–Crippen LogP) is 5.84. The summed E-state index contributed by atoms with van der Waals surface area (Å²) >= 11 is 0. The van der Waals surface area contributed by atoms with Crippen molar-refractivity contribution < 1.29 is 24.1 Å². The normalized spacial score (nSPS) is 17.1. The van der Waals surface area contributed by atoms with Crippen molar-refractivity contribution in [2.45, 2.75) is 58.6 Å². The number of aromatic nitrogens is 1. The van der Waals surface area contributed by atoms with E-state index in [1.54, 1.807) is 32.2 Å². The van der Waals surface area contributed by atoms with E-state index in [1.165, 1.54) is 6.07 Å². The summed E-state index contributed by atoms with van der Waals surface area (Å²) in [5.41, 5.74) is 4.66. The molecule has 3 N–H and O–H groups in total. The summed E-state index contributed by atoms with van der Waals surface area (Å²) in [6, 6.07) is 12.7. The maximum atomic E-state index is 14.6. The van der Waals surface area contributed by atoms with Gasteiger partial charge in [0, 0.05) is 24.7 Å². The number of ether oxygens (including phenoxy) is 1. The summed E-state index contributed by atoms with van der Waals surface area (Å²) < 4.78 is 20.5. The lowest BCUT2D eigenvalue weighted by Gasteiger charge is -2.18. The van der Waals surface area contributed by atoms with E-state index in [9.17, 15) is 14.3 Å². The van der Waals surface area contributed by atoms with Gasteiger partial charge in [0.2, 0.25) is 0 Å². The van der Waals surface area contributed by atoms with Gasteiger partial charge in [-0.25, -0.2) is 9.37 Å². The monoisotopic (exact) mass is 492 g/mol. The summed E-state index contributed by atoms with van der Waals surface area (Å²) in [6.45, 7) is 8.21. The molecule has 0 aliphatic heterocycles. The molecular formula is C29H33FN2O4. The van der Waals surface area contributed by atoms with Gasteiger partial charge in [-0.3, -0.25) is 4.79 Å². The van der Waals surface area contributed by atoms with Crippen LogP contribution in [0.25, 0.3) is 11.1 Å². The number of hydrogen-bond donors (Lipinski definition) is 3. The highest BCUT2D eigenvalue weighted by Crippen LogP contribution is 2.47. The van der Waals surface area contributed by atoms with Gasteiger partial charge in [0.1, 0.15) is 17.4 Å². The molecule has 1 unspecified atom stereocenters. The zero-order valence-electron chi connectivity index (χ0n) is 21.1. The fourth-order valence-electron chi connectivity index (χ4n) is 4.50. The Morgan fingerprint density at radius 2 is 1.89 bits per heavy atom. The Morgan fingerprint density at radius 1 is 1.17 bits per heavy atom. The number of aliphatic carboxylic acids is 1. The Kier molecular flexibility index (Phi) is 7.31. The number of carbonyl (C=O) groups is 1. The molecule has 0 amide bonds. The van der Waals surface area contributed by atoms with Crippen LogP contribution >= 0.6 is 0 Å². The second-order valence-corrected chi connectivity index (χ2v) is 10.3. The minimum absolute atomic E-state index is 0.0305. The van der Waals surface area contributed by atoms with Crippen LogP contribution in [0.5, 0.6) is 5.75 Å². The van der Waals surface area contributed by atoms with Crippen molar-refractivity contribution in [3.8, 4) is 16.9 Å². The molecule has 1 aliphatic carbocycles. The molecule has 190 valence electrons. The maximum Gasteiger partial charge on any atom is 0.307 e. The number of rotatable bonds is 10. The van der Waals surface area contributed by atoms with E-state index in [1.807, 2.05) is 38.1 Å². The van der Waals surface area contributed by atoms with Crippen LogP contribution in [-0.2, 0) is 11.3 Å². The molecular weight excluding hydrogens is 459 g/mol. The van der Waals surface area contributed by atoms with Crippen molar-refractivity contribution >= 4 is 11.8 Å². The van der Waals surface area contributed by atoms with Gasteiger partial charge in [-0.1, -0.05) is 12.1 Å². The standard InChI is InChI=1S/C29H33FN2O4/c1-17-11-22(36-10-9-29(3,4)35)12-18(2)27(17)19-5-7-25(30)21(13-19)16-32-26-8-6-20(15-31-26)23-14-24(23)28(33)34/h5-8,11-13,15,23-24,35H,9-10,14,16H2,1-4H3,(H,31,32)(H,33,34)/t23?,24-/m1/s1. The van der Waals surface area contributed by atoms with E-state index < -0.39 is 11.6 Å². The number of hydrogen-bond acceptors (Lipinski definition) is 5. The number of nitrogens with zero attached hydrogens (tertiary/aromatic N) is 1.